The molecular weight excluding hydrogens is 162 g/mol. The minimum Gasteiger partial charge on any atom is -0.0973 e. The maximum atomic E-state index is 7.33. The summed E-state index contributed by atoms with van der Waals surface area (Å²) in [6.45, 7) is 0. The monoisotopic (exact) mass is 173 g/mol. The van der Waals surface area contributed by atoms with E-state index in [1.165, 1.54) is 21.1 Å². The molecule has 0 aromatic heterocycles. The van der Waals surface area contributed by atoms with Crippen molar-refractivity contribution in [3.05, 3.63) is 10.4 Å². The smallest absolute Gasteiger partial charge is 0.0973 e. The van der Waals surface area contributed by atoms with Crippen LogP contribution < -0.4 is 9.82 Å². The highest BCUT2D eigenvalue weighted by Gasteiger charge is 1.45. The molecule has 0 spiro atoms. The molecule has 0 atom stereocenters. The van der Waals surface area contributed by atoms with Crippen LogP contribution in [0, 0.1) is 11.1 Å². The fraction of sp³-hybridized carbons (Fsp3) is 1.00. The summed E-state index contributed by atoms with van der Waals surface area (Å²) < 4.78 is 0. The zero-order chi connectivity index (χ0) is 10.2. The zero-order valence-electron chi connectivity index (χ0n) is 7.13. The van der Waals surface area contributed by atoms with Gasteiger partial charge in [0.1, 0.15) is 35.4 Å². The van der Waals surface area contributed by atoms with E-state index in [9.17, 15) is 0 Å². The van der Waals surface area contributed by atoms with E-state index in [4.69, 9.17) is 16.6 Å². The van der Waals surface area contributed by atoms with Gasteiger partial charge in [-0.25, -0.2) is 0 Å². The second-order valence-electron chi connectivity index (χ2n) is 0.889. The van der Waals surface area contributed by atoms with Crippen molar-refractivity contribution in [1.29, 1.82) is 11.1 Å². The topological polar surface area (TPSA) is 149 Å². The third kappa shape index (κ3) is 440. The van der Waals surface area contributed by atoms with Gasteiger partial charge in [-0.3, -0.25) is 0 Å². The molecule has 0 aromatic rings. The molecule has 0 heterocycles. The van der Waals surface area contributed by atoms with Gasteiger partial charge >= 0.3 is 0 Å². The number of rotatable bonds is 0. The number of nitrogens with one attached hydrogen (secondary N) is 2. The predicted molar refractivity (Wildman–Crippen MR) is 41.5 cm³/mol. The van der Waals surface area contributed by atoms with Crippen LogP contribution in [-0.2, 0) is 0 Å². The molecule has 0 aliphatic rings. The van der Waals surface area contributed by atoms with Crippen LogP contribution in [0.4, 0.5) is 0 Å². The molecule has 9 heteroatoms. The molecule has 0 amide bonds. The molecular formula is C3H11N9+2. The molecule has 0 rings (SSSR count). The first-order valence-electron chi connectivity index (χ1n) is 2.59. The largest absolute Gasteiger partial charge is 0.213 e. The SMILES string of the molecule is CN=[N+]=N.CN=[N+]=N.CN=[N+]=[N-]. The third-order valence-electron chi connectivity index (χ3n) is 0.289. The van der Waals surface area contributed by atoms with Gasteiger partial charge in [-0.2, -0.15) is 0 Å². The molecule has 0 radical (unpaired) electrons. The van der Waals surface area contributed by atoms with Gasteiger partial charge in [0.15, 0.2) is 0 Å². The minimum absolute atomic E-state index is 1.39. The quantitative estimate of drug-likeness (QED) is 0.308. The van der Waals surface area contributed by atoms with Gasteiger partial charge in [0.2, 0.25) is 9.82 Å². The molecule has 0 fully saturated rings. The van der Waals surface area contributed by atoms with E-state index < -0.39 is 0 Å². The lowest BCUT2D eigenvalue weighted by molar-refractivity contribution is 0.960. The fourth-order valence-corrected chi connectivity index (χ4v) is 0. The maximum Gasteiger partial charge on any atom is 0.213 e. The summed E-state index contributed by atoms with van der Waals surface area (Å²) >= 11 is 0. The van der Waals surface area contributed by atoms with Gasteiger partial charge < -0.3 is 0 Å². The first-order chi connectivity index (χ1) is 5.74. The lowest BCUT2D eigenvalue weighted by atomic mass is 11.6. The van der Waals surface area contributed by atoms with Gasteiger partial charge in [0.25, 0.3) is 0 Å². The summed E-state index contributed by atoms with van der Waals surface area (Å²) in [5, 5.41) is 8.97. The Hall–Kier alpha value is -2.07. The van der Waals surface area contributed by atoms with Gasteiger partial charge in [0.05, 0.1) is 0 Å². The molecule has 0 saturated heterocycles. The van der Waals surface area contributed by atoms with Crippen molar-refractivity contribution in [2.24, 2.45) is 15.3 Å². The minimum atomic E-state index is 1.39. The Kier molecular flexibility index (Phi) is 50.0. The van der Waals surface area contributed by atoms with Gasteiger partial charge in [-0.05, 0) is 5.53 Å². The van der Waals surface area contributed by atoms with E-state index in [1.54, 1.807) is 0 Å². The van der Waals surface area contributed by atoms with Gasteiger partial charge in [-0.15, -0.1) is 0 Å². The van der Waals surface area contributed by atoms with E-state index in [1.807, 2.05) is 0 Å². The summed E-state index contributed by atoms with van der Waals surface area (Å²) in [5.74, 6) is 0. The Morgan fingerprint density at radius 2 is 1.08 bits per heavy atom. The van der Waals surface area contributed by atoms with Crippen molar-refractivity contribution in [3.63, 3.8) is 0 Å². The molecule has 0 bridgehead atoms. The van der Waals surface area contributed by atoms with Crippen LogP contribution in [0.3, 0.4) is 0 Å². The van der Waals surface area contributed by atoms with Gasteiger partial charge in [0, 0.05) is 12.0 Å². The first kappa shape index (κ1) is 16.5. The van der Waals surface area contributed by atoms with Crippen molar-refractivity contribution >= 4 is 0 Å². The van der Waals surface area contributed by atoms with E-state index >= 15 is 0 Å². The van der Waals surface area contributed by atoms with Crippen LogP contribution in [0.1, 0.15) is 0 Å². The summed E-state index contributed by atoms with van der Waals surface area (Å²) in [4.78, 5) is 7.58. The second kappa shape index (κ2) is 36.4. The number of azide groups is 1. The summed E-state index contributed by atoms with van der Waals surface area (Å²) in [6.07, 6.45) is 0. The Labute approximate surface area is 68.9 Å². The molecule has 2 N–H and O–H groups in total. The summed E-state index contributed by atoms with van der Waals surface area (Å²) in [5.41, 5.74) is 19.2. The predicted octanol–water partition coefficient (Wildman–Crippen LogP) is 1.26. The van der Waals surface area contributed by atoms with E-state index in [2.05, 4.69) is 30.1 Å². The van der Waals surface area contributed by atoms with Crippen LogP contribution in [0.2, 0.25) is 0 Å². The summed E-state index contributed by atoms with van der Waals surface area (Å²) in [6, 6.07) is 0. The van der Waals surface area contributed by atoms with Crippen molar-refractivity contribution in [2.75, 3.05) is 21.1 Å². The van der Waals surface area contributed by atoms with Crippen molar-refractivity contribution < 1.29 is 0 Å². The van der Waals surface area contributed by atoms with E-state index in [0.717, 1.165) is 0 Å². The molecule has 0 aromatic carbocycles. The zero-order valence-corrected chi connectivity index (χ0v) is 7.13. The van der Waals surface area contributed by atoms with Crippen molar-refractivity contribution in [2.45, 2.75) is 0 Å². The maximum absolute atomic E-state index is 7.33. The summed E-state index contributed by atoms with van der Waals surface area (Å²) in [7, 11) is 4.29. The number of nitrogens with zero attached hydrogens (tertiary/aromatic N) is 7. The van der Waals surface area contributed by atoms with Crippen LogP contribution in [0.15, 0.2) is 15.3 Å². The van der Waals surface area contributed by atoms with Crippen LogP contribution >= 0.6 is 0 Å². The lowest BCUT2D eigenvalue weighted by Crippen LogP contribution is -1.43. The average molecular weight is 173 g/mol. The van der Waals surface area contributed by atoms with Crippen LogP contribution in [0.25, 0.3) is 10.4 Å². The molecule has 0 aliphatic heterocycles. The Bertz CT molecular complexity index is 162. The third-order valence-corrected chi connectivity index (χ3v) is 0.289. The average Bonchev–Trinajstić information content (AvgIpc) is 2.18. The molecule has 0 aliphatic carbocycles. The number of hydrogen-bond donors (Lipinski definition) is 2. The van der Waals surface area contributed by atoms with Crippen LogP contribution in [0.5, 0.6) is 0 Å². The Morgan fingerprint density at radius 3 is 1.08 bits per heavy atom. The normalized spacial score (nSPS) is 4.25. The molecule has 0 saturated carbocycles. The first-order valence-corrected chi connectivity index (χ1v) is 2.59. The fourth-order valence-electron chi connectivity index (χ4n) is 0. The lowest BCUT2D eigenvalue weighted by Gasteiger charge is -1.35. The molecule has 66 valence electrons. The van der Waals surface area contributed by atoms with Crippen molar-refractivity contribution in [3.8, 4) is 0 Å². The van der Waals surface area contributed by atoms with E-state index in [-0.39, 0.29) is 0 Å². The molecule has 0 unspecified atom stereocenters. The number of hydrogen-bond acceptors (Lipinski definition) is 5. The second-order valence-corrected chi connectivity index (χ2v) is 0.889. The highest BCUT2D eigenvalue weighted by molar-refractivity contribution is 4.30. The Morgan fingerprint density at radius 1 is 0.917 bits per heavy atom. The van der Waals surface area contributed by atoms with Crippen LogP contribution in [-0.4, -0.2) is 21.1 Å². The molecule has 9 nitrogen and oxygen atoms in total. The highest BCUT2D eigenvalue weighted by atomic mass is 15.1. The van der Waals surface area contributed by atoms with Gasteiger partial charge in [-0.1, -0.05) is 5.11 Å². The van der Waals surface area contributed by atoms with E-state index in [0.29, 0.717) is 0 Å². The highest BCUT2D eigenvalue weighted by Crippen LogP contribution is 1.46. The van der Waals surface area contributed by atoms with Crippen molar-refractivity contribution in [1.82, 2.24) is 9.82 Å². The Balaban J connectivity index is -0.000000101. The standard InChI is InChI=1S/2CH4N3.CH3N3/c3*1-3-4-2/h2*2H,1H3;1H3/q2*+1;. The molecule has 12 heavy (non-hydrogen) atoms.